The molecule has 4 nitrogen and oxygen atoms in total. The van der Waals surface area contributed by atoms with Gasteiger partial charge in [-0.2, -0.15) is 0 Å². The Morgan fingerprint density at radius 1 is 1.32 bits per heavy atom. The third kappa shape index (κ3) is 5.11. The largest absolute Gasteiger partial charge is 0.480 e. The Kier molecular flexibility index (Phi) is 6.40. The Labute approximate surface area is 133 Å². The van der Waals surface area contributed by atoms with Gasteiger partial charge in [-0.15, -0.1) is 0 Å². The lowest BCUT2D eigenvalue weighted by Crippen LogP contribution is -2.49. The summed E-state index contributed by atoms with van der Waals surface area (Å²) in [6, 6.07) is 11.3. The minimum atomic E-state index is -0.717. The van der Waals surface area contributed by atoms with Gasteiger partial charge in [-0.1, -0.05) is 36.8 Å². The van der Waals surface area contributed by atoms with Gasteiger partial charge in [-0.05, 0) is 38.8 Å². The number of carboxylic acids is 1. The van der Waals surface area contributed by atoms with Crippen molar-refractivity contribution < 1.29 is 9.90 Å². The molecule has 1 aromatic rings. The molecule has 122 valence electrons. The van der Waals surface area contributed by atoms with Crippen molar-refractivity contribution in [2.24, 2.45) is 0 Å². The van der Waals surface area contributed by atoms with Crippen molar-refractivity contribution in [2.75, 3.05) is 19.6 Å². The molecule has 1 heterocycles. The number of likely N-dealkylation sites (tertiary alicyclic amines) is 1. The minimum Gasteiger partial charge on any atom is -0.480 e. The highest BCUT2D eigenvalue weighted by Gasteiger charge is 2.26. The van der Waals surface area contributed by atoms with Crippen molar-refractivity contribution in [1.82, 2.24) is 9.80 Å². The van der Waals surface area contributed by atoms with E-state index in [1.54, 1.807) is 0 Å². The van der Waals surface area contributed by atoms with Crippen LogP contribution in [0, 0.1) is 0 Å². The first kappa shape index (κ1) is 17.0. The summed E-state index contributed by atoms with van der Waals surface area (Å²) >= 11 is 0. The van der Waals surface area contributed by atoms with Gasteiger partial charge in [0.25, 0.3) is 0 Å². The van der Waals surface area contributed by atoms with Crippen molar-refractivity contribution >= 4 is 5.97 Å². The van der Waals surface area contributed by atoms with E-state index in [1.807, 2.05) is 6.07 Å². The third-order valence-corrected chi connectivity index (χ3v) is 4.49. The lowest BCUT2D eigenvalue weighted by Gasteiger charge is -2.39. The van der Waals surface area contributed by atoms with Crippen molar-refractivity contribution in [3.05, 3.63) is 35.9 Å². The zero-order chi connectivity index (χ0) is 15.9. The molecule has 1 atom stereocenters. The van der Waals surface area contributed by atoms with Crippen LogP contribution >= 0.6 is 0 Å². The summed E-state index contributed by atoms with van der Waals surface area (Å²) in [5, 5.41) is 9.11. The van der Waals surface area contributed by atoms with Crippen LogP contribution in [-0.2, 0) is 11.3 Å². The fourth-order valence-electron chi connectivity index (χ4n) is 3.20. The Hall–Kier alpha value is -1.39. The van der Waals surface area contributed by atoms with Gasteiger partial charge in [-0.25, -0.2) is 0 Å². The van der Waals surface area contributed by atoms with Gasteiger partial charge in [0, 0.05) is 25.2 Å². The Morgan fingerprint density at radius 3 is 2.68 bits per heavy atom. The molecule has 0 radical (unpaired) electrons. The first-order valence-electron chi connectivity index (χ1n) is 8.30. The van der Waals surface area contributed by atoms with E-state index in [-0.39, 0.29) is 6.54 Å². The van der Waals surface area contributed by atoms with E-state index in [4.69, 9.17) is 5.11 Å². The Bertz CT molecular complexity index is 461. The van der Waals surface area contributed by atoms with E-state index in [9.17, 15) is 4.79 Å². The summed E-state index contributed by atoms with van der Waals surface area (Å²) < 4.78 is 0. The number of hydrogen-bond acceptors (Lipinski definition) is 3. The minimum absolute atomic E-state index is 0.169. The molecule has 1 aliphatic rings. The highest BCUT2D eigenvalue weighted by atomic mass is 16.4. The maximum Gasteiger partial charge on any atom is 0.317 e. The monoisotopic (exact) mass is 304 g/mol. The fourth-order valence-corrected chi connectivity index (χ4v) is 3.20. The maximum atomic E-state index is 11.1. The lowest BCUT2D eigenvalue weighted by molar-refractivity contribution is -0.139. The second-order valence-corrected chi connectivity index (χ2v) is 6.52. The highest BCUT2D eigenvalue weighted by molar-refractivity contribution is 5.69. The van der Waals surface area contributed by atoms with Gasteiger partial charge in [-0.3, -0.25) is 14.6 Å². The first-order valence-corrected chi connectivity index (χ1v) is 8.30. The summed E-state index contributed by atoms with van der Waals surface area (Å²) in [5.74, 6) is -0.717. The number of carbonyl (C=O) groups is 1. The standard InChI is InChI=1S/C18H28N2O2/c1-15(2)20(12-16-8-4-3-5-9-16)13-17-10-6-7-11-19(17)14-18(21)22/h3-5,8-9,15,17H,6-7,10-14H2,1-2H3,(H,21,22). The van der Waals surface area contributed by atoms with Crippen molar-refractivity contribution in [3.8, 4) is 0 Å². The summed E-state index contributed by atoms with van der Waals surface area (Å²) in [6.45, 7) is 7.38. The predicted octanol–water partition coefficient (Wildman–Crippen LogP) is 2.84. The quantitative estimate of drug-likeness (QED) is 0.841. The van der Waals surface area contributed by atoms with Gasteiger partial charge in [0.1, 0.15) is 0 Å². The van der Waals surface area contributed by atoms with Crippen molar-refractivity contribution in [3.63, 3.8) is 0 Å². The number of benzene rings is 1. The van der Waals surface area contributed by atoms with Crippen LogP contribution in [0.15, 0.2) is 30.3 Å². The van der Waals surface area contributed by atoms with Crippen LogP contribution in [0.5, 0.6) is 0 Å². The molecular weight excluding hydrogens is 276 g/mol. The lowest BCUT2D eigenvalue weighted by atomic mass is 10.0. The van der Waals surface area contributed by atoms with E-state index in [0.717, 1.165) is 32.5 Å². The molecule has 1 saturated heterocycles. The zero-order valence-corrected chi connectivity index (χ0v) is 13.7. The molecule has 1 aliphatic heterocycles. The second-order valence-electron chi connectivity index (χ2n) is 6.52. The van der Waals surface area contributed by atoms with Gasteiger partial charge < -0.3 is 5.11 Å². The molecule has 0 aromatic heterocycles. The van der Waals surface area contributed by atoms with Crippen molar-refractivity contribution in [2.45, 2.75) is 51.7 Å². The Morgan fingerprint density at radius 2 is 2.05 bits per heavy atom. The first-order chi connectivity index (χ1) is 10.6. The van der Waals surface area contributed by atoms with Crippen LogP contribution in [0.3, 0.4) is 0 Å². The number of carboxylic acid groups (broad SMARTS) is 1. The zero-order valence-electron chi connectivity index (χ0n) is 13.7. The SMILES string of the molecule is CC(C)N(Cc1ccccc1)CC1CCCCN1CC(=O)O. The van der Waals surface area contributed by atoms with Crippen LogP contribution in [0.2, 0.25) is 0 Å². The molecule has 0 aliphatic carbocycles. The van der Waals surface area contributed by atoms with E-state index < -0.39 is 5.97 Å². The maximum absolute atomic E-state index is 11.1. The molecule has 2 rings (SSSR count). The topological polar surface area (TPSA) is 43.8 Å². The number of aliphatic carboxylic acids is 1. The number of piperidine rings is 1. The molecule has 0 amide bonds. The molecule has 1 aromatic carbocycles. The molecule has 0 bridgehead atoms. The van der Waals surface area contributed by atoms with Gasteiger partial charge >= 0.3 is 5.97 Å². The average Bonchev–Trinajstić information content (AvgIpc) is 2.49. The summed E-state index contributed by atoms with van der Waals surface area (Å²) in [5.41, 5.74) is 1.32. The Balaban J connectivity index is 2.00. The fraction of sp³-hybridized carbons (Fsp3) is 0.611. The number of nitrogens with zero attached hydrogens (tertiary/aromatic N) is 2. The van der Waals surface area contributed by atoms with E-state index in [2.05, 4.69) is 47.9 Å². The van der Waals surface area contributed by atoms with E-state index in [0.29, 0.717) is 12.1 Å². The summed E-state index contributed by atoms with van der Waals surface area (Å²) in [4.78, 5) is 15.7. The molecule has 22 heavy (non-hydrogen) atoms. The number of hydrogen-bond donors (Lipinski definition) is 1. The highest BCUT2D eigenvalue weighted by Crippen LogP contribution is 2.20. The molecule has 1 unspecified atom stereocenters. The molecule has 1 fully saturated rings. The van der Waals surface area contributed by atoms with Crippen LogP contribution in [0.4, 0.5) is 0 Å². The van der Waals surface area contributed by atoms with Gasteiger partial charge in [0.05, 0.1) is 6.54 Å². The predicted molar refractivity (Wildman–Crippen MR) is 88.8 cm³/mol. The van der Waals surface area contributed by atoms with Crippen LogP contribution in [0.1, 0.15) is 38.7 Å². The average molecular weight is 304 g/mol. The molecular formula is C18H28N2O2. The normalized spacial score (nSPS) is 19.7. The van der Waals surface area contributed by atoms with Crippen LogP contribution in [-0.4, -0.2) is 52.6 Å². The summed E-state index contributed by atoms with van der Waals surface area (Å²) in [7, 11) is 0. The number of rotatable bonds is 7. The summed E-state index contributed by atoms with van der Waals surface area (Å²) in [6.07, 6.45) is 3.42. The van der Waals surface area contributed by atoms with E-state index in [1.165, 1.54) is 12.0 Å². The molecule has 0 spiro atoms. The van der Waals surface area contributed by atoms with Crippen LogP contribution in [0.25, 0.3) is 0 Å². The van der Waals surface area contributed by atoms with Crippen LogP contribution < -0.4 is 0 Å². The molecule has 1 N–H and O–H groups in total. The smallest absolute Gasteiger partial charge is 0.317 e. The van der Waals surface area contributed by atoms with E-state index >= 15 is 0 Å². The third-order valence-electron chi connectivity index (χ3n) is 4.49. The van der Waals surface area contributed by atoms with Gasteiger partial charge in [0.2, 0.25) is 0 Å². The second kappa shape index (κ2) is 8.30. The molecule has 4 heteroatoms. The van der Waals surface area contributed by atoms with Crippen molar-refractivity contribution in [1.29, 1.82) is 0 Å². The van der Waals surface area contributed by atoms with Gasteiger partial charge in [0.15, 0.2) is 0 Å². The molecule has 0 saturated carbocycles.